The van der Waals surface area contributed by atoms with Crippen LogP contribution in [0.25, 0.3) is 0 Å². The first-order valence-electron chi connectivity index (χ1n) is 8.70. The van der Waals surface area contributed by atoms with Crippen molar-refractivity contribution in [3.63, 3.8) is 0 Å². The molecule has 0 aromatic heterocycles. The minimum absolute atomic E-state index is 0.113. The standard InChI is InChI=1S/C17H34N2O/c1-4-7-9-13-19(14-10-8-5-2)16(20)17(6-3)11-12-18-15-17/h18H,4-15H2,1-3H3. The molecule has 0 bridgehead atoms. The lowest BCUT2D eigenvalue weighted by atomic mass is 9.82. The van der Waals surface area contributed by atoms with E-state index in [1.54, 1.807) is 0 Å². The average molecular weight is 282 g/mol. The largest absolute Gasteiger partial charge is 0.342 e. The van der Waals surface area contributed by atoms with E-state index in [2.05, 4.69) is 31.0 Å². The van der Waals surface area contributed by atoms with Crippen LogP contribution in [-0.4, -0.2) is 37.0 Å². The number of nitrogens with zero attached hydrogens (tertiary/aromatic N) is 1. The number of carbonyl (C=O) groups is 1. The molecule has 0 aromatic carbocycles. The molecule has 3 heteroatoms. The van der Waals surface area contributed by atoms with E-state index in [1.807, 2.05) is 0 Å². The summed E-state index contributed by atoms with van der Waals surface area (Å²) in [7, 11) is 0. The predicted octanol–water partition coefficient (Wildman–Crippen LogP) is 3.59. The summed E-state index contributed by atoms with van der Waals surface area (Å²) in [5, 5.41) is 3.39. The highest BCUT2D eigenvalue weighted by Crippen LogP contribution is 2.32. The van der Waals surface area contributed by atoms with Crippen LogP contribution >= 0.6 is 0 Å². The van der Waals surface area contributed by atoms with E-state index in [0.717, 1.165) is 51.9 Å². The summed E-state index contributed by atoms with van der Waals surface area (Å²) < 4.78 is 0. The Bertz CT molecular complexity index is 262. The minimum Gasteiger partial charge on any atom is -0.342 e. The summed E-state index contributed by atoms with van der Waals surface area (Å²) in [6.07, 6.45) is 9.19. The lowest BCUT2D eigenvalue weighted by Gasteiger charge is -2.33. The van der Waals surface area contributed by atoms with Gasteiger partial charge in [-0.15, -0.1) is 0 Å². The van der Waals surface area contributed by atoms with Gasteiger partial charge in [0.25, 0.3) is 0 Å². The third-order valence-corrected chi connectivity index (χ3v) is 4.72. The Labute approximate surface area is 125 Å². The van der Waals surface area contributed by atoms with E-state index < -0.39 is 0 Å². The van der Waals surface area contributed by atoms with Gasteiger partial charge in [-0.3, -0.25) is 4.79 Å². The molecule has 1 aliphatic rings. The fourth-order valence-corrected chi connectivity index (χ4v) is 3.13. The summed E-state index contributed by atoms with van der Waals surface area (Å²) in [6, 6.07) is 0. The van der Waals surface area contributed by atoms with Crippen LogP contribution in [0.15, 0.2) is 0 Å². The number of hydrogen-bond acceptors (Lipinski definition) is 2. The molecule has 20 heavy (non-hydrogen) atoms. The first-order chi connectivity index (χ1) is 9.70. The van der Waals surface area contributed by atoms with Crippen molar-refractivity contribution in [3.8, 4) is 0 Å². The highest BCUT2D eigenvalue weighted by Gasteiger charge is 2.41. The zero-order valence-electron chi connectivity index (χ0n) is 13.8. The van der Waals surface area contributed by atoms with Crippen molar-refractivity contribution in [1.29, 1.82) is 0 Å². The molecule has 118 valence electrons. The number of carbonyl (C=O) groups excluding carboxylic acids is 1. The van der Waals surface area contributed by atoms with Crippen LogP contribution in [0, 0.1) is 5.41 Å². The van der Waals surface area contributed by atoms with Gasteiger partial charge < -0.3 is 10.2 Å². The lowest BCUT2D eigenvalue weighted by Crippen LogP contribution is -2.45. The Morgan fingerprint density at radius 1 is 1.05 bits per heavy atom. The Kier molecular flexibility index (Phi) is 8.20. The van der Waals surface area contributed by atoms with Gasteiger partial charge in [-0.25, -0.2) is 0 Å². The molecule has 0 aliphatic carbocycles. The molecule has 0 aromatic rings. The third-order valence-electron chi connectivity index (χ3n) is 4.72. The second-order valence-corrected chi connectivity index (χ2v) is 6.27. The van der Waals surface area contributed by atoms with Crippen LogP contribution in [0.2, 0.25) is 0 Å². The van der Waals surface area contributed by atoms with Crippen molar-refractivity contribution in [1.82, 2.24) is 10.2 Å². The van der Waals surface area contributed by atoms with Crippen molar-refractivity contribution in [2.75, 3.05) is 26.2 Å². The van der Waals surface area contributed by atoms with E-state index in [1.165, 1.54) is 25.7 Å². The van der Waals surface area contributed by atoms with Crippen molar-refractivity contribution in [2.45, 2.75) is 72.1 Å². The highest BCUT2D eigenvalue weighted by molar-refractivity contribution is 5.83. The topological polar surface area (TPSA) is 32.3 Å². The SMILES string of the molecule is CCCCCN(CCCCC)C(=O)C1(CC)CCNC1. The van der Waals surface area contributed by atoms with Crippen molar-refractivity contribution >= 4 is 5.91 Å². The van der Waals surface area contributed by atoms with Gasteiger partial charge in [-0.05, 0) is 32.2 Å². The number of amides is 1. The van der Waals surface area contributed by atoms with Crippen molar-refractivity contribution in [3.05, 3.63) is 0 Å². The summed E-state index contributed by atoms with van der Waals surface area (Å²) >= 11 is 0. The maximum Gasteiger partial charge on any atom is 0.230 e. The van der Waals surface area contributed by atoms with Gasteiger partial charge in [-0.1, -0.05) is 46.5 Å². The summed E-state index contributed by atoms with van der Waals surface area (Å²) in [4.78, 5) is 15.1. The first-order valence-corrected chi connectivity index (χ1v) is 8.70. The fourth-order valence-electron chi connectivity index (χ4n) is 3.13. The summed E-state index contributed by atoms with van der Waals surface area (Å²) in [5.41, 5.74) is -0.113. The molecule has 1 aliphatic heterocycles. The number of nitrogens with one attached hydrogen (secondary N) is 1. The maximum absolute atomic E-state index is 13.0. The van der Waals surface area contributed by atoms with Gasteiger partial charge in [-0.2, -0.15) is 0 Å². The van der Waals surface area contributed by atoms with Crippen LogP contribution in [0.4, 0.5) is 0 Å². The number of hydrogen-bond donors (Lipinski definition) is 1. The van der Waals surface area contributed by atoms with Crippen LogP contribution in [0.1, 0.15) is 72.1 Å². The Balaban J connectivity index is 2.61. The lowest BCUT2D eigenvalue weighted by molar-refractivity contribution is -0.141. The molecule has 1 rings (SSSR count). The first kappa shape index (κ1) is 17.5. The molecule has 1 saturated heterocycles. The van der Waals surface area contributed by atoms with Crippen LogP contribution in [-0.2, 0) is 4.79 Å². The molecular weight excluding hydrogens is 248 g/mol. The maximum atomic E-state index is 13.0. The second kappa shape index (κ2) is 9.38. The summed E-state index contributed by atoms with van der Waals surface area (Å²) in [6.45, 7) is 10.4. The van der Waals surface area contributed by atoms with Crippen LogP contribution in [0.5, 0.6) is 0 Å². The summed E-state index contributed by atoms with van der Waals surface area (Å²) in [5.74, 6) is 0.414. The van der Waals surface area contributed by atoms with Gasteiger partial charge >= 0.3 is 0 Å². The highest BCUT2D eigenvalue weighted by atomic mass is 16.2. The van der Waals surface area contributed by atoms with Gasteiger partial charge in [0.2, 0.25) is 5.91 Å². The van der Waals surface area contributed by atoms with Gasteiger partial charge in [0.1, 0.15) is 0 Å². The molecule has 1 heterocycles. The van der Waals surface area contributed by atoms with Crippen LogP contribution in [0.3, 0.4) is 0 Å². The molecule has 1 fully saturated rings. The van der Waals surface area contributed by atoms with Crippen molar-refractivity contribution < 1.29 is 4.79 Å². The number of unbranched alkanes of at least 4 members (excludes halogenated alkanes) is 4. The van der Waals surface area contributed by atoms with E-state index >= 15 is 0 Å². The molecule has 1 atom stereocenters. The molecule has 1 unspecified atom stereocenters. The zero-order chi connectivity index (χ0) is 14.8. The van der Waals surface area contributed by atoms with Gasteiger partial charge in [0.15, 0.2) is 0 Å². The monoisotopic (exact) mass is 282 g/mol. The van der Waals surface area contributed by atoms with Gasteiger partial charge in [0, 0.05) is 19.6 Å². The molecule has 0 spiro atoms. The third kappa shape index (κ3) is 4.76. The molecule has 3 nitrogen and oxygen atoms in total. The minimum atomic E-state index is -0.113. The molecular formula is C17H34N2O. The fraction of sp³-hybridized carbons (Fsp3) is 0.941. The van der Waals surface area contributed by atoms with E-state index in [-0.39, 0.29) is 5.41 Å². The van der Waals surface area contributed by atoms with Crippen molar-refractivity contribution in [2.24, 2.45) is 5.41 Å². The number of rotatable bonds is 10. The Morgan fingerprint density at radius 2 is 1.65 bits per heavy atom. The molecule has 0 saturated carbocycles. The van der Waals surface area contributed by atoms with E-state index in [4.69, 9.17) is 0 Å². The average Bonchev–Trinajstić information content (AvgIpc) is 2.95. The molecule has 1 N–H and O–H groups in total. The second-order valence-electron chi connectivity index (χ2n) is 6.27. The van der Waals surface area contributed by atoms with Gasteiger partial charge in [0.05, 0.1) is 5.41 Å². The predicted molar refractivity (Wildman–Crippen MR) is 85.8 cm³/mol. The Morgan fingerprint density at radius 3 is 2.05 bits per heavy atom. The smallest absolute Gasteiger partial charge is 0.230 e. The van der Waals surface area contributed by atoms with E-state index in [0.29, 0.717) is 5.91 Å². The van der Waals surface area contributed by atoms with E-state index in [9.17, 15) is 4.79 Å². The Hall–Kier alpha value is -0.570. The zero-order valence-corrected chi connectivity index (χ0v) is 13.8. The normalized spacial score (nSPS) is 22.1. The quantitative estimate of drug-likeness (QED) is 0.621. The molecule has 1 amide bonds. The molecule has 0 radical (unpaired) electrons. The van der Waals surface area contributed by atoms with Crippen LogP contribution < -0.4 is 5.32 Å².